The zero-order chi connectivity index (χ0) is 22.9. The van der Waals surface area contributed by atoms with E-state index >= 15 is 0 Å². The number of hydrogen-bond donors (Lipinski definition) is 0. The summed E-state index contributed by atoms with van der Waals surface area (Å²) in [7, 11) is -1.72. The second-order valence-corrected chi connectivity index (χ2v) is 10.1. The molecule has 10 nitrogen and oxygen atoms in total. The zero-order valence-electron chi connectivity index (χ0n) is 18.5. The molecule has 2 fully saturated rings. The van der Waals surface area contributed by atoms with Crippen LogP contribution in [-0.4, -0.2) is 96.4 Å². The maximum atomic E-state index is 12.9. The van der Waals surface area contributed by atoms with Gasteiger partial charge in [-0.3, -0.25) is 9.59 Å². The van der Waals surface area contributed by atoms with Gasteiger partial charge >= 0.3 is 0 Å². The quantitative estimate of drug-likeness (QED) is 0.628. The number of fused-ring (bicyclic) bond motifs is 1. The molecule has 2 aromatic rings. The molecule has 4 rings (SSSR count). The van der Waals surface area contributed by atoms with Crippen LogP contribution in [0.3, 0.4) is 0 Å². The highest BCUT2D eigenvalue weighted by Gasteiger charge is 2.27. The number of imidazole rings is 1. The van der Waals surface area contributed by atoms with Gasteiger partial charge in [-0.05, 0) is 18.2 Å². The summed E-state index contributed by atoms with van der Waals surface area (Å²) in [6, 6.07) is 4.98. The number of aromatic nitrogens is 2. The molecule has 0 spiro atoms. The third kappa shape index (κ3) is 4.50. The molecule has 0 unspecified atom stereocenters. The molecule has 0 radical (unpaired) electrons. The van der Waals surface area contributed by atoms with E-state index in [2.05, 4.69) is 4.98 Å². The Kier molecular flexibility index (Phi) is 6.50. The monoisotopic (exact) mass is 463 g/mol. The average molecular weight is 464 g/mol. The van der Waals surface area contributed by atoms with Crippen LogP contribution in [-0.2, 0) is 37.8 Å². The minimum atomic E-state index is -3.59. The number of nitrogens with zero attached hydrogens (tertiary/aromatic N) is 5. The van der Waals surface area contributed by atoms with Crippen LogP contribution in [0.1, 0.15) is 19.2 Å². The van der Waals surface area contributed by atoms with E-state index in [1.54, 1.807) is 34.9 Å². The van der Waals surface area contributed by atoms with E-state index in [0.29, 0.717) is 70.8 Å². The molecule has 2 amide bonds. The van der Waals surface area contributed by atoms with Gasteiger partial charge in [0.05, 0.1) is 29.1 Å². The summed E-state index contributed by atoms with van der Waals surface area (Å²) in [6.45, 7) is 5.24. The number of hydrogen-bond acceptors (Lipinski definition) is 6. The lowest BCUT2D eigenvalue weighted by atomic mass is 10.2. The predicted molar refractivity (Wildman–Crippen MR) is 117 cm³/mol. The van der Waals surface area contributed by atoms with E-state index in [1.165, 1.54) is 4.31 Å². The van der Waals surface area contributed by atoms with Crippen molar-refractivity contribution < 1.29 is 22.7 Å². The minimum absolute atomic E-state index is 0.0341. The maximum Gasteiger partial charge on any atom is 0.243 e. The predicted octanol–water partition coefficient (Wildman–Crippen LogP) is 0.218. The number of aryl methyl sites for hydroxylation is 2. The van der Waals surface area contributed by atoms with Gasteiger partial charge in [0.25, 0.3) is 0 Å². The molecular formula is C21H29N5O5S. The van der Waals surface area contributed by atoms with Crippen molar-refractivity contribution in [2.24, 2.45) is 7.05 Å². The molecule has 11 heteroatoms. The first kappa shape index (κ1) is 22.7. The molecule has 0 bridgehead atoms. The van der Waals surface area contributed by atoms with Gasteiger partial charge in [-0.2, -0.15) is 4.31 Å². The highest BCUT2D eigenvalue weighted by Crippen LogP contribution is 2.23. The molecule has 1 aromatic carbocycles. The number of morpholine rings is 1. The summed E-state index contributed by atoms with van der Waals surface area (Å²) in [5.41, 5.74) is 1.42. The molecule has 0 atom stereocenters. The Morgan fingerprint density at radius 2 is 1.69 bits per heavy atom. The molecule has 0 aliphatic carbocycles. The molecule has 174 valence electrons. The number of amides is 2. The third-order valence-corrected chi connectivity index (χ3v) is 8.09. The first-order valence-electron chi connectivity index (χ1n) is 10.8. The Morgan fingerprint density at radius 1 is 1.03 bits per heavy atom. The standard InChI is InChI=1S/C21H29N5O5S/c1-16(27)24-7-9-25(10-8-24)21(28)6-5-20-22-18-15-17(3-4-19(18)23(20)2)32(29,30)26-11-13-31-14-12-26/h3-4,15H,5-14H2,1-2H3. The van der Waals surface area contributed by atoms with Crippen LogP contribution in [0, 0.1) is 0 Å². The highest BCUT2D eigenvalue weighted by molar-refractivity contribution is 7.89. The van der Waals surface area contributed by atoms with Gasteiger partial charge in [0.15, 0.2) is 0 Å². The summed E-state index contributed by atoms with van der Waals surface area (Å²) in [4.78, 5) is 32.4. The number of carbonyl (C=O) groups excluding carboxylic acids is 2. The minimum Gasteiger partial charge on any atom is -0.379 e. The molecule has 0 saturated carbocycles. The maximum absolute atomic E-state index is 12.9. The Labute approximate surface area is 187 Å². The molecule has 2 saturated heterocycles. The average Bonchev–Trinajstić information content (AvgIpc) is 3.13. The van der Waals surface area contributed by atoms with Gasteiger partial charge in [-0.15, -0.1) is 0 Å². The molecular weight excluding hydrogens is 434 g/mol. The Balaban J connectivity index is 1.44. The summed E-state index contributed by atoms with van der Waals surface area (Å²) in [5.74, 6) is 0.805. The molecule has 2 aliphatic rings. The van der Waals surface area contributed by atoms with Gasteiger partial charge in [-0.25, -0.2) is 13.4 Å². The Bertz CT molecular complexity index is 1120. The van der Waals surface area contributed by atoms with E-state index in [4.69, 9.17) is 4.74 Å². The van der Waals surface area contributed by atoms with Crippen molar-refractivity contribution >= 4 is 32.9 Å². The summed E-state index contributed by atoms with van der Waals surface area (Å²) in [6.07, 6.45) is 0.776. The van der Waals surface area contributed by atoms with Crippen LogP contribution < -0.4 is 0 Å². The number of rotatable bonds is 5. The van der Waals surface area contributed by atoms with Crippen molar-refractivity contribution in [3.8, 4) is 0 Å². The SMILES string of the molecule is CC(=O)N1CCN(C(=O)CCc2nc3cc(S(=O)(=O)N4CCOCC4)ccc3n2C)CC1. The Morgan fingerprint density at radius 3 is 2.34 bits per heavy atom. The number of benzene rings is 1. The second-order valence-electron chi connectivity index (χ2n) is 8.14. The number of sulfonamides is 1. The van der Waals surface area contributed by atoms with Crippen molar-refractivity contribution in [3.05, 3.63) is 24.0 Å². The van der Waals surface area contributed by atoms with Crippen LogP contribution in [0.15, 0.2) is 23.1 Å². The highest BCUT2D eigenvalue weighted by atomic mass is 32.2. The van der Waals surface area contributed by atoms with Crippen LogP contribution in [0.25, 0.3) is 11.0 Å². The molecule has 1 aromatic heterocycles. The first-order chi connectivity index (χ1) is 15.3. The van der Waals surface area contributed by atoms with Gasteiger partial charge in [0.1, 0.15) is 5.82 Å². The second kappa shape index (κ2) is 9.16. The fourth-order valence-corrected chi connectivity index (χ4v) is 5.63. The van der Waals surface area contributed by atoms with Gasteiger partial charge in [-0.1, -0.05) is 0 Å². The fraction of sp³-hybridized carbons (Fsp3) is 0.571. The lowest BCUT2D eigenvalue weighted by Crippen LogP contribution is -2.50. The van der Waals surface area contributed by atoms with Gasteiger partial charge in [0, 0.05) is 66.1 Å². The first-order valence-corrected chi connectivity index (χ1v) is 12.3. The van der Waals surface area contributed by atoms with Crippen molar-refractivity contribution in [1.82, 2.24) is 23.7 Å². The number of piperazine rings is 1. The van der Waals surface area contributed by atoms with Gasteiger partial charge < -0.3 is 19.1 Å². The zero-order valence-corrected chi connectivity index (χ0v) is 19.3. The third-order valence-electron chi connectivity index (χ3n) is 6.19. The van der Waals surface area contributed by atoms with Crippen molar-refractivity contribution in [1.29, 1.82) is 0 Å². The van der Waals surface area contributed by atoms with Crippen molar-refractivity contribution in [2.75, 3.05) is 52.5 Å². The molecule has 2 aliphatic heterocycles. The normalized spacial score (nSPS) is 18.3. The smallest absolute Gasteiger partial charge is 0.243 e. The van der Waals surface area contributed by atoms with Crippen LogP contribution in [0.5, 0.6) is 0 Å². The lowest BCUT2D eigenvalue weighted by Gasteiger charge is -2.34. The van der Waals surface area contributed by atoms with Crippen LogP contribution in [0.4, 0.5) is 0 Å². The molecule has 32 heavy (non-hydrogen) atoms. The van der Waals surface area contributed by atoms with E-state index in [-0.39, 0.29) is 16.7 Å². The van der Waals surface area contributed by atoms with E-state index < -0.39 is 10.0 Å². The van der Waals surface area contributed by atoms with Crippen molar-refractivity contribution in [3.63, 3.8) is 0 Å². The Hall–Kier alpha value is -2.50. The molecule has 0 N–H and O–H groups in total. The summed E-state index contributed by atoms with van der Waals surface area (Å²) < 4.78 is 34.5. The van der Waals surface area contributed by atoms with Crippen LogP contribution >= 0.6 is 0 Å². The fourth-order valence-electron chi connectivity index (χ4n) is 4.20. The van der Waals surface area contributed by atoms with Crippen molar-refractivity contribution in [2.45, 2.75) is 24.7 Å². The number of carbonyl (C=O) groups is 2. The number of ether oxygens (including phenoxy) is 1. The van der Waals surface area contributed by atoms with E-state index in [0.717, 1.165) is 11.3 Å². The largest absolute Gasteiger partial charge is 0.379 e. The van der Waals surface area contributed by atoms with Gasteiger partial charge in [0.2, 0.25) is 21.8 Å². The lowest BCUT2D eigenvalue weighted by molar-refractivity contribution is -0.138. The van der Waals surface area contributed by atoms with Crippen LogP contribution in [0.2, 0.25) is 0 Å². The summed E-state index contributed by atoms with van der Waals surface area (Å²) >= 11 is 0. The molecule has 3 heterocycles. The van der Waals surface area contributed by atoms with E-state index in [9.17, 15) is 18.0 Å². The topological polar surface area (TPSA) is 105 Å². The van der Waals surface area contributed by atoms with E-state index in [1.807, 2.05) is 11.6 Å². The summed E-state index contributed by atoms with van der Waals surface area (Å²) in [5, 5.41) is 0.